The largest absolute Gasteiger partial charge is 0.455 e. The Bertz CT molecular complexity index is 3110. The van der Waals surface area contributed by atoms with E-state index < -0.39 is 0 Å². The maximum atomic E-state index is 6.71. The molecule has 0 bridgehead atoms. The van der Waals surface area contributed by atoms with E-state index in [1.165, 1.54) is 49.5 Å². The van der Waals surface area contributed by atoms with E-state index >= 15 is 0 Å². The van der Waals surface area contributed by atoms with Crippen LogP contribution >= 0.6 is 0 Å². The van der Waals surface area contributed by atoms with Crippen LogP contribution in [0.4, 0.5) is 17.1 Å². The summed E-state index contributed by atoms with van der Waals surface area (Å²) in [6, 6.07) is 68.3. The maximum absolute atomic E-state index is 6.71. The summed E-state index contributed by atoms with van der Waals surface area (Å²) in [5, 5.41) is 7.02. The lowest BCUT2D eigenvalue weighted by Gasteiger charge is -2.27. The van der Waals surface area contributed by atoms with Gasteiger partial charge >= 0.3 is 0 Å². The fourth-order valence-electron chi connectivity index (χ4n) is 9.16. The predicted molar refractivity (Wildman–Crippen MR) is 232 cm³/mol. The molecule has 0 amide bonds. The van der Waals surface area contributed by atoms with Gasteiger partial charge in [0.1, 0.15) is 11.2 Å². The Hall–Kier alpha value is -6.90. The lowest BCUT2D eigenvalue weighted by atomic mass is 9.82. The summed E-state index contributed by atoms with van der Waals surface area (Å²) in [5.41, 5.74) is 15.3. The Kier molecular flexibility index (Phi) is 6.93. The van der Waals surface area contributed by atoms with E-state index in [0.717, 1.165) is 55.5 Å². The zero-order valence-electron chi connectivity index (χ0n) is 30.8. The van der Waals surface area contributed by atoms with E-state index in [4.69, 9.17) is 4.42 Å². The van der Waals surface area contributed by atoms with E-state index in [0.29, 0.717) is 0 Å². The van der Waals surface area contributed by atoms with Crippen LogP contribution in [0.1, 0.15) is 25.0 Å². The first-order valence-corrected chi connectivity index (χ1v) is 19.1. The highest BCUT2D eigenvalue weighted by Crippen LogP contribution is 2.52. The van der Waals surface area contributed by atoms with Crippen molar-refractivity contribution in [3.05, 3.63) is 199 Å². The van der Waals surface area contributed by atoms with Crippen LogP contribution in [-0.2, 0) is 5.41 Å². The molecule has 1 aliphatic rings. The van der Waals surface area contributed by atoms with E-state index in [9.17, 15) is 0 Å². The second kappa shape index (κ2) is 12.1. The molecule has 0 aliphatic heterocycles. The van der Waals surface area contributed by atoms with Gasteiger partial charge in [-0.2, -0.15) is 0 Å². The number of hydrogen-bond acceptors (Lipinski definition) is 2. The van der Waals surface area contributed by atoms with Gasteiger partial charge < -0.3 is 9.32 Å². The van der Waals surface area contributed by atoms with Gasteiger partial charge in [0, 0.05) is 43.9 Å². The normalized spacial score (nSPS) is 13.1. The molecule has 0 spiro atoms. The van der Waals surface area contributed by atoms with Crippen molar-refractivity contribution < 1.29 is 4.42 Å². The molecule has 0 unspecified atom stereocenters. The summed E-state index contributed by atoms with van der Waals surface area (Å²) in [6.45, 7) is 4.69. The van der Waals surface area contributed by atoms with Crippen molar-refractivity contribution in [1.29, 1.82) is 0 Å². The van der Waals surface area contributed by atoms with Gasteiger partial charge in [-0.05, 0) is 86.1 Å². The van der Waals surface area contributed by atoms with E-state index in [1.807, 2.05) is 0 Å². The molecule has 1 aromatic heterocycles. The van der Waals surface area contributed by atoms with E-state index in [1.54, 1.807) is 0 Å². The highest BCUT2D eigenvalue weighted by atomic mass is 16.3. The molecule has 0 fully saturated rings. The average molecular weight is 704 g/mol. The summed E-state index contributed by atoms with van der Waals surface area (Å²) < 4.78 is 6.71. The molecular weight excluding hydrogens is 667 g/mol. The Morgan fingerprint density at radius 1 is 0.382 bits per heavy atom. The summed E-state index contributed by atoms with van der Waals surface area (Å²) in [7, 11) is 0. The number of rotatable bonds is 5. The van der Waals surface area contributed by atoms with Crippen LogP contribution in [0, 0.1) is 0 Å². The maximum Gasteiger partial charge on any atom is 0.143 e. The molecular formula is C53H37NO. The molecule has 1 heterocycles. The van der Waals surface area contributed by atoms with Gasteiger partial charge in [-0.15, -0.1) is 0 Å². The molecule has 0 N–H and O–H groups in total. The first-order valence-electron chi connectivity index (χ1n) is 19.1. The minimum atomic E-state index is -0.0382. The van der Waals surface area contributed by atoms with Gasteiger partial charge in [-0.1, -0.05) is 166 Å². The van der Waals surface area contributed by atoms with Crippen LogP contribution in [-0.4, -0.2) is 0 Å². The van der Waals surface area contributed by atoms with E-state index in [-0.39, 0.29) is 5.41 Å². The molecule has 0 atom stereocenters. The third kappa shape index (κ3) is 4.81. The van der Waals surface area contributed by atoms with Gasteiger partial charge in [0.05, 0.1) is 5.69 Å². The molecule has 0 saturated carbocycles. The molecule has 2 heteroatoms. The van der Waals surface area contributed by atoms with E-state index in [2.05, 4.69) is 207 Å². The topological polar surface area (TPSA) is 16.4 Å². The van der Waals surface area contributed by atoms with Crippen molar-refractivity contribution >= 4 is 60.5 Å². The Morgan fingerprint density at radius 2 is 0.909 bits per heavy atom. The molecule has 10 aromatic rings. The molecule has 11 rings (SSSR count). The van der Waals surface area contributed by atoms with Crippen molar-refractivity contribution in [2.24, 2.45) is 0 Å². The average Bonchev–Trinajstić information content (AvgIpc) is 3.74. The van der Waals surface area contributed by atoms with Crippen LogP contribution in [0.2, 0.25) is 0 Å². The predicted octanol–water partition coefficient (Wildman–Crippen LogP) is 15.0. The lowest BCUT2D eigenvalue weighted by molar-refractivity contribution is 0.660. The van der Waals surface area contributed by atoms with Gasteiger partial charge in [0.15, 0.2) is 0 Å². The zero-order chi connectivity index (χ0) is 36.7. The Labute approximate surface area is 320 Å². The standard InChI is InChI=1S/C53H37NO/c1-53(2)47-21-8-7-17-46(47)50-41(18-11-22-48(50)53)36-24-29-38(30-25-36)54(49-23-9-14-34-12-3-5-15-40(34)49)39-31-26-37(27-32-39)43-19-10-20-44-45-33-28-35-13-4-6-16-42(35)52(45)55-51(43)44/h3-33H,1-2H3. The van der Waals surface area contributed by atoms with Crippen LogP contribution in [0.5, 0.6) is 0 Å². The number of benzene rings is 9. The van der Waals surface area contributed by atoms with Crippen molar-refractivity contribution in [3.63, 3.8) is 0 Å². The minimum absolute atomic E-state index is 0.0382. The lowest BCUT2D eigenvalue weighted by Crippen LogP contribution is -2.14. The van der Waals surface area contributed by atoms with Crippen LogP contribution in [0.15, 0.2) is 192 Å². The van der Waals surface area contributed by atoms with Crippen LogP contribution < -0.4 is 4.90 Å². The minimum Gasteiger partial charge on any atom is -0.455 e. The van der Waals surface area contributed by atoms with Crippen LogP contribution in [0.3, 0.4) is 0 Å². The fourth-order valence-corrected chi connectivity index (χ4v) is 9.16. The molecule has 0 saturated heterocycles. The number of anilines is 3. The van der Waals surface area contributed by atoms with Crippen molar-refractivity contribution in [2.75, 3.05) is 4.90 Å². The number of fused-ring (bicyclic) bond motifs is 9. The smallest absolute Gasteiger partial charge is 0.143 e. The van der Waals surface area contributed by atoms with Gasteiger partial charge in [-0.25, -0.2) is 0 Å². The van der Waals surface area contributed by atoms with Crippen molar-refractivity contribution in [1.82, 2.24) is 0 Å². The van der Waals surface area contributed by atoms with Crippen LogP contribution in [0.25, 0.3) is 76.9 Å². The molecule has 55 heavy (non-hydrogen) atoms. The summed E-state index contributed by atoms with van der Waals surface area (Å²) in [5.74, 6) is 0. The highest BCUT2D eigenvalue weighted by Gasteiger charge is 2.36. The Morgan fingerprint density at radius 3 is 1.69 bits per heavy atom. The SMILES string of the molecule is CC1(C)c2ccccc2-c2c(-c3ccc(N(c4ccc(-c5cccc6c5oc5c7ccccc7ccc65)cc4)c4cccc5ccccc45)cc3)cccc21. The molecule has 0 radical (unpaired) electrons. The first-order chi connectivity index (χ1) is 27.0. The van der Waals surface area contributed by atoms with Crippen molar-refractivity contribution in [2.45, 2.75) is 19.3 Å². The summed E-state index contributed by atoms with van der Waals surface area (Å²) >= 11 is 0. The first kappa shape index (κ1) is 31.6. The second-order valence-electron chi connectivity index (χ2n) is 15.3. The molecule has 9 aromatic carbocycles. The second-order valence-corrected chi connectivity index (χ2v) is 15.3. The summed E-state index contributed by atoms with van der Waals surface area (Å²) in [4.78, 5) is 2.39. The number of para-hydroxylation sites is 1. The molecule has 1 aliphatic carbocycles. The summed E-state index contributed by atoms with van der Waals surface area (Å²) in [6.07, 6.45) is 0. The quantitative estimate of drug-likeness (QED) is 0.177. The monoisotopic (exact) mass is 703 g/mol. The van der Waals surface area contributed by atoms with Gasteiger partial charge in [-0.3, -0.25) is 0 Å². The third-order valence-electron chi connectivity index (χ3n) is 11.9. The molecule has 260 valence electrons. The van der Waals surface area contributed by atoms with Gasteiger partial charge in [0.2, 0.25) is 0 Å². The highest BCUT2D eigenvalue weighted by molar-refractivity contribution is 6.17. The fraction of sp³-hybridized carbons (Fsp3) is 0.0566. The number of nitrogens with zero attached hydrogens (tertiary/aromatic N) is 1. The number of furan rings is 1. The van der Waals surface area contributed by atoms with Gasteiger partial charge in [0.25, 0.3) is 0 Å². The Balaban J connectivity index is 1.03. The number of hydrogen-bond donors (Lipinski definition) is 0. The zero-order valence-corrected chi connectivity index (χ0v) is 30.8. The van der Waals surface area contributed by atoms with Crippen molar-refractivity contribution in [3.8, 4) is 33.4 Å². The molecule has 2 nitrogen and oxygen atoms in total. The third-order valence-corrected chi connectivity index (χ3v) is 11.9.